The topological polar surface area (TPSA) is 16.3 Å². The Kier molecular flexibility index (Phi) is 6.79. The average molecular weight is 995 g/mol. The fourth-order valence-electron chi connectivity index (χ4n) is 11.8. The summed E-state index contributed by atoms with van der Waals surface area (Å²) >= 11 is 0. The van der Waals surface area contributed by atoms with Crippen molar-refractivity contribution in [3.63, 3.8) is 0 Å². The first kappa shape index (κ1) is 30.3. The second-order valence-corrected chi connectivity index (χ2v) is 19.3. The highest BCUT2D eigenvalue weighted by atomic mass is 15.2. The quantitative estimate of drug-likeness (QED) is 0.148. The summed E-state index contributed by atoms with van der Waals surface area (Å²) < 4.78 is 151. The zero-order valence-electron chi connectivity index (χ0n) is 56.8. The maximum atomic E-state index is 9.74. The third-order valence-electron chi connectivity index (χ3n) is 15.2. The van der Waals surface area contributed by atoms with Crippen molar-refractivity contribution in [3.8, 4) is 44.8 Å². The van der Waals surface area contributed by atoms with Crippen LogP contribution in [0, 0.1) is 0 Å². The molecule has 14 aromatic rings. The number of hydrogen-bond acceptors (Lipinski definition) is 2. The van der Waals surface area contributed by atoms with E-state index in [9.17, 15) is 11.0 Å². The highest BCUT2D eigenvalue weighted by molar-refractivity contribution is 7.00. The normalized spacial score (nSPS) is 15.5. The van der Waals surface area contributed by atoms with E-state index >= 15 is 0 Å². The van der Waals surface area contributed by atoms with Crippen molar-refractivity contribution >= 4 is 101 Å². The van der Waals surface area contributed by atoms with Gasteiger partial charge in [0.15, 0.2) is 0 Å². The molecule has 0 atom stereocenters. The third-order valence-corrected chi connectivity index (χ3v) is 15.2. The van der Waals surface area contributed by atoms with Crippen molar-refractivity contribution in [2.45, 2.75) is 0 Å². The van der Waals surface area contributed by atoms with E-state index < -0.39 is 103 Å². The average Bonchev–Trinajstić information content (AvgIpc) is 1.62. The zero-order chi connectivity index (χ0) is 64.5. The van der Waals surface area contributed by atoms with Crippen molar-refractivity contribution in [1.29, 1.82) is 0 Å². The Morgan fingerprint density at radius 3 is 1.18 bits per heavy atom. The van der Waals surface area contributed by atoms with Crippen LogP contribution in [0.15, 0.2) is 285 Å². The van der Waals surface area contributed by atoms with Crippen molar-refractivity contribution in [2.75, 3.05) is 9.80 Å². The van der Waals surface area contributed by atoms with Gasteiger partial charge in [0.25, 0.3) is 6.71 Å². The molecular formula is C72H47BN4. The van der Waals surface area contributed by atoms with E-state index in [4.69, 9.17) is 11.0 Å². The van der Waals surface area contributed by atoms with E-state index in [-0.39, 0.29) is 49.3 Å². The SMILES string of the molecule is [2H]c1c([2H])c([2H])c2c(c1[2H])c1c([2H])c([2H])c([2H])c([2H])c1n2-c1ccc2c(c1)N(c1ccc(-c3ccccc3)cc1)c1cc(-n3c4c([2H])c([2H])c([2H])c([2H])c4c4c([2H])c([2H])c([2H])c([2H])c43)cc3c1B2c1ccc(-c2ccccc2)cc1N3c1cccc(-c2ccccc2)c1. The summed E-state index contributed by atoms with van der Waals surface area (Å²) in [5.41, 5.74) is 12.0. The van der Waals surface area contributed by atoms with Crippen molar-refractivity contribution in [3.05, 3.63) is 285 Å². The van der Waals surface area contributed by atoms with E-state index in [1.807, 2.05) is 169 Å². The van der Waals surface area contributed by atoms with Gasteiger partial charge in [0, 0.05) is 61.4 Å². The Morgan fingerprint density at radius 2 is 0.649 bits per heavy atom. The van der Waals surface area contributed by atoms with Gasteiger partial charge < -0.3 is 18.9 Å². The zero-order valence-corrected chi connectivity index (χ0v) is 40.8. The van der Waals surface area contributed by atoms with Crippen molar-refractivity contribution in [2.24, 2.45) is 0 Å². The fourth-order valence-corrected chi connectivity index (χ4v) is 11.8. The molecule has 0 amide bonds. The molecule has 0 saturated heterocycles. The van der Waals surface area contributed by atoms with Crippen LogP contribution in [-0.4, -0.2) is 15.8 Å². The molecule has 0 unspecified atom stereocenters. The van der Waals surface area contributed by atoms with Gasteiger partial charge in [0.05, 0.1) is 49.7 Å². The van der Waals surface area contributed by atoms with E-state index in [1.54, 1.807) is 0 Å². The molecule has 4 nitrogen and oxygen atoms in total. The van der Waals surface area contributed by atoms with Crippen molar-refractivity contribution < 1.29 is 21.9 Å². The molecule has 16 rings (SSSR count). The molecule has 0 aliphatic carbocycles. The molecule has 2 aliphatic rings. The maximum absolute atomic E-state index is 9.74. The van der Waals surface area contributed by atoms with Crippen LogP contribution < -0.4 is 26.2 Å². The minimum Gasteiger partial charge on any atom is -0.311 e. The number of hydrogen-bond donors (Lipinski definition) is 0. The maximum Gasteiger partial charge on any atom is 0.252 e. The van der Waals surface area contributed by atoms with Gasteiger partial charge in [-0.25, -0.2) is 0 Å². The summed E-state index contributed by atoms with van der Waals surface area (Å²) in [6.07, 6.45) is 0. The molecule has 0 spiro atoms. The van der Waals surface area contributed by atoms with Crippen LogP contribution >= 0.6 is 0 Å². The molecule has 0 bridgehead atoms. The van der Waals surface area contributed by atoms with Gasteiger partial charge in [0.1, 0.15) is 0 Å². The van der Waals surface area contributed by atoms with Crippen LogP contribution in [0.2, 0.25) is 0 Å². The van der Waals surface area contributed by atoms with Crippen LogP contribution in [0.1, 0.15) is 21.9 Å². The molecule has 0 radical (unpaired) electrons. The van der Waals surface area contributed by atoms with E-state index in [0.717, 1.165) is 61.1 Å². The molecule has 77 heavy (non-hydrogen) atoms. The Labute approximate surface area is 469 Å². The van der Waals surface area contributed by atoms with E-state index in [2.05, 4.69) is 29.2 Å². The molecular weight excluding hydrogens is 932 g/mol. The molecule has 0 saturated carbocycles. The number of nitrogens with zero attached hydrogens (tertiary/aromatic N) is 4. The van der Waals surface area contributed by atoms with Gasteiger partial charge in [-0.3, -0.25) is 0 Å². The smallest absolute Gasteiger partial charge is 0.252 e. The summed E-state index contributed by atoms with van der Waals surface area (Å²) in [7, 11) is 0. The summed E-state index contributed by atoms with van der Waals surface area (Å²) in [5, 5.41) is -0.351. The van der Waals surface area contributed by atoms with Crippen LogP contribution in [0.5, 0.6) is 0 Å². The molecule has 0 fully saturated rings. The fraction of sp³-hybridized carbons (Fsp3) is 0. The van der Waals surface area contributed by atoms with Gasteiger partial charge in [-0.2, -0.15) is 0 Å². The Hall–Kier alpha value is -10.1. The standard InChI is InChI=1S/C72H47BN4/c1-4-19-48(20-5-1)51-35-38-54(39-36-51)74-69-45-56(75-64-31-14-10-27-58(64)59-28-11-15-32-65(59)75)40-42-63(69)73-62-41-37-53(50-23-8-3-9-24-50)44-68(62)76(55-26-18-25-52(43-55)49-21-6-2-7-22-49)71-47-57(46-70(74)72(71)73)77-66-33-16-12-29-60(66)61-30-13-17-34-67(61)77/h1-47H/i10D,11D,12D,13D,14D,15D,16D,17D,27D,28D,29D,30D,31D,32D,33D,34D. The first-order valence-corrected chi connectivity index (χ1v) is 25.3. The number of para-hydroxylation sites is 4. The number of benzene rings is 12. The number of fused-ring (bicyclic) bond motifs is 10. The van der Waals surface area contributed by atoms with Crippen LogP contribution in [0.4, 0.5) is 34.1 Å². The molecule has 2 aliphatic heterocycles. The lowest BCUT2D eigenvalue weighted by Crippen LogP contribution is -2.61. The lowest BCUT2D eigenvalue weighted by atomic mass is 9.33. The van der Waals surface area contributed by atoms with Gasteiger partial charge >= 0.3 is 0 Å². The molecule has 0 N–H and O–H groups in total. The summed E-state index contributed by atoms with van der Waals surface area (Å²) in [5.74, 6) is 0. The molecule has 12 aromatic carbocycles. The van der Waals surface area contributed by atoms with Crippen LogP contribution in [0.3, 0.4) is 0 Å². The number of rotatable bonds is 7. The lowest BCUT2D eigenvalue weighted by molar-refractivity contribution is 1.15. The Bertz CT molecular complexity index is 5450. The summed E-state index contributed by atoms with van der Waals surface area (Å²) in [6.45, 7) is -0.637. The van der Waals surface area contributed by atoms with Gasteiger partial charge in [-0.15, -0.1) is 0 Å². The predicted octanol–water partition coefficient (Wildman–Crippen LogP) is 17.0. The summed E-state index contributed by atoms with van der Waals surface area (Å²) in [4.78, 5) is 4.23. The first-order chi connectivity index (χ1) is 44.9. The van der Waals surface area contributed by atoms with Crippen molar-refractivity contribution in [1.82, 2.24) is 9.13 Å². The second-order valence-electron chi connectivity index (χ2n) is 19.3. The summed E-state index contributed by atoms with van der Waals surface area (Å²) in [6, 6.07) is 53.4. The largest absolute Gasteiger partial charge is 0.311 e. The number of anilines is 6. The molecule has 358 valence electrons. The highest BCUT2D eigenvalue weighted by Crippen LogP contribution is 2.48. The second kappa shape index (κ2) is 17.2. The monoisotopic (exact) mass is 994 g/mol. The predicted molar refractivity (Wildman–Crippen MR) is 325 cm³/mol. The minimum atomic E-state index is -0.637. The highest BCUT2D eigenvalue weighted by Gasteiger charge is 2.44. The third kappa shape index (κ3) is 6.74. The van der Waals surface area contributed by atoms with Crippen LogP contribution in [-0.2, 0) is 0 Å². The van der Waals surface area contributed by atoms with Gasteiger partial charge in [-0.1, -0.05) is 206 Å². The van der Waals surface area contributed by atoms with Gasteiger partial charge in [0.2, 0.25) is 0 Å². The Balaban J connectivity index is 1.09. The molecule has 4 heterocycles. The number of aromatic nitrogens is 2. The van der Waals surface area contributed by atoms with E-state index in [0.29, 0.717) is 28.4 Å². The Morgan fingerprint density at radius 1 is 0.273 bits per heavy atom. The minimum absolute atomic E-state index is 0.0622. The van der Waals surface area contributed by atoms with Crippen LogP contribution in [0.25, 0.3) is 88.4 Å². The molecule has 5 heteroatoms. The molecule has 2 aromatic heterocycles. The lowest BCUT2D eigenvalue weighted by Gasteiger charge is -2.44. The first-order valence-electron chi connectivity index (χ1n) is 33.3. The van der Waals surface area contributed by atoms with E-state index in [1.165, 1.54) is 9.13 Å². The van der Waals surface area contributed by atoms with Gasteiger partial charge in [-0.05, 0) is 129 Å².